The van der Waals surface area contributed by atoms with Crippen LogP contribution in [-0.4, -0.2) is 25.4 Å². The van der Waals surface area contributed by atoms with Crippen molar-refractivity contribution in [2.75, 3.05) is 13.7 Å². The van der Waals surface area contributed by atoms with E-state index in [1.807, 2.05) is 36.4 Å². The fraction of sp³-hybridized carbons (Fsp3) is 0.250. The SMILES string of the molecule is CCOC(=O)c1cc2ccccc2cc1/C(C)=N/OC. The molecule has 0 saturated carbocycles. The molecule has 0 atom stereocenters. The van der Waals surface area contributed by atoms with Crippen LogP contribution in [0.3, 0.4) is 0 Å². The average Bonchev–Trinajstić information content (AvgIpc) is 2.46. The summed E-state index contributed by atoms with van der Waals surface area (Å²) in [5.74, 6) is -0.348. The molecule has 4 heteroatoms. The van der Waals surface area contributed by atoms with Gasteiger partial charge in [-0.3, -0.25) is 0 Å². The molecule has 0 aliphatic heterocycles. The number of oxime groups is 1. The summed E-state index contributed by atoms with van der Waals surface area (Å²) in [5.41, 5.74) is 1.87. The molecule has 104 valence electrons. The monoisotopic (exact) mass is 271 g/mol. The summed E-state index contributed by atoms with van der Waals surface area (Å²) in [5, 5.41) is 5.95. The Morgan fingerprint density at radius 3 is 2.30 bits per heavy atom. The van der Waals surface area contributed by atoms with Crippen LogP contribution in [-0.2, 0) is 9.57 Å². The largest absolute Gasteiger partial charge is 0.462 e. The first-order chi connectivity index (χ1) is 9.67. The van der Waals surface area contributed by atoms with Gasteiger partial charge in [-0.05, 0) is 36.8 Å². The van der Waals surface area contributed by atoms with E-state index in [4.69, 9.17) is 9.57 Å². The van der Waals surface area contributed by atoms with E-state index in [0.717, 1.165) is 16.3 Å². The topological polar surface area (TPSA) is 47.9 Å². The lowest BCUT2D eigenvalue weighted by molar-refractivity contribution is 0.0526. The molecule has 0 heterocycles. The molecule has 0 aliphatic carbocycles. The van der Waals surface area contributed by atoms with Crippen LogP contribution < -0.4 is 0 Å². The molecule has 0 fully saturated rings. The third-order valence-corrected chi connectivity index (χ3v) is 3.00. The molecule has 0 aliphatic rings. The molecule has 0 aromatic heterocycles. The van der Waals surface area contributed by atoms with E-state index in [-0.39, 0.29) is 5.97 Å². The molecular formula is C16H17NO3. The number of esters is 1. The van der Waals surface area contributed by atoms with Crippen molar-refractivity contribution in [3.63, 3.8) is 0 Å². The molecule has 0 N–H and O–H groups in total. The number of nitrogens with zero attached hydrogens (tertiary/aromatic N) is 1. The molecular weight excluding hydrogens is 254 g/mol. The van der Waals surface area contributed by atoms with Gasteiger partial charge in [0.15, 0.2) is 0 Å². The summed E-state index contributed by atoms with van der Waals surface area (Å²) in [6.45, 7) is 3.93. The fourth-order valence-corrected chi connectivity index (χ4v) is 2.10. The summed E-state index contributed by atoms with van der Waals surface area (Å²) < 4.78 is 5.11. The van der Waals surface area contributed by atoms with E-state index in [9.17, 15) is 4.79 Å². The Kier molecular flexibility index (Phi) is 4.35. The lowest BCUT2D eigenvalue weighted by atomic mass is 9.98. The van der Waals surface area contributed by atoms with Gasteiger partial charge in [-0.1, -0.05) is 29.4 Å². The highest BCUT2D eigenvalue weighted by Gasteiger charge is 2.16. The van der Waals surface area contributed by atoms with Crippen LogP contribution in [0.4, 0.5) is 0 Å². The first-order valence-corrected chi connectivity index (χ1v) is 6.45. The maximum Gasteiger partial charge on any atom is 0.338 e. The molecule has 20 heavy (non-hydrogen) atoms. The van der Waals surface area contributed by atoms with Crippen molar-refractivity contribution in [1.29, 1.82) is 0 Å². The van der Waals surface area contributed by atoms with Crippen LogP contribution in [0.2, 0.25) is 0 Å². The third-order valence-electron chi connectivity index (χ3n) is 3.00. The summed E-state index contributed by atoms with van der Waals surface area (Å²) >= 11 is 0. The summed E-state index contributed by atoms with van der Waals surface area (Å²) in [4.78, 5) is 16.9. The average molecular weight is 271 g/mol. The minimum Gasteiger partial charge on any atom is -0.462 e. The minimum atomic E-state index is -0.348. The number of hydrogen-bond acceptors (Lipinski definition) is 4. The van der Waals surface area contributed by atoms with Crippen LogP contribution in [0.25, 0.3) is 10.8 Å². The van der Waals surface area contributed by atoms with Gasteiger partial charge in [0.25, 0.3) is 0 Å². The van der Waals surface area contributed by atoms with E-state index >= 15 is 0 Å². The van der Waals surface area contributed by atoms with Crippen LogP contribution in [0.5, 0.6) is 0 Å². The zero-order valence-corrected chi connectivity index (χ0v) is 11.8. The molecule has 0 unspecified atom stereocenters. The lowest BCUT2D eigenvalue weighted by Gasteiger charge is -2.10. The minimum absolute atomic E-state index is 0.339. The molecule has 4 nitrogen and oxygen atoms in total. The van der Waals surface area contributed by atoms with Gasteiger partial charge < -0.3 is 9.57 Å². The summed E-state index contributed by atoms with van der Waals surface area (Å²) in [7, 11) is 1.48. The highest BCUT2D eigenvalue weighted by atomic mass is 16.6. The highest BCUT2D eigenvalue weighted by molar-refractivity contribution is 6.10. The Morgan fingerprint density at radius 1 is 1.15 bits per heavy atom. The van der Waals surface area contributed by atoms with Gasteiger partial charge >= 0.3 is 5.97 Å². The van der Waals surface area contributed by atoms with Crippen molar-refractivity contribution in [2.24, 2.45) is 5.16 Å². The number of fused-ring (bicyclic) bond motifs is 1. The van der Waals surface area contributed by atoms with E-state index in [0.29, 0.717) is 17.9 Å². The first kappa shape index (κ1) is 14.1. The Bertz CT molecular complexity index is 662. The van der Waals surface area contributed by atoms with Gasteiger partial charge in [0.2, 0.25) is 0 Å². The van der Waals surface area contributed by atoms with Gasteiger partial charge in [-0.15, -0.1) is 0 Å². The number of rotatable bonds is 4. The van der Waals surface area contributed by atoms with Crippen LogP contribution in [0.1, 0.15) is 29.8 Å². The van der Waals surface area contributed by atoms with Gasteiger partial charge in [0, 0.05) is 5.56 Å². The second-order valence-electron chi connectivity index (χ2n) is 4.32. The number of carbonyl (C=O) groups is 1. The Morgan fingerprint density at radius 2 is 1.75 bits per heavy atom. The molecule has 0 amide bonds. The molecule has 0 bridgehead atoms. The van der Waals surface area contributed by atoms with E-state index < -0.39 is 0 Å². The summed E-state index contributed by atoms with van der Waals surface area (Å²) in [6.07, 6.45) is 0. The van der Waals surface area contributed by atoms with Gasteiger partial charge in [-0.2, -0.15) is 0 Å². The fourth-order valence-electron chi connectivity index (χ4n) is 2.10. The number of benzene rings is 2. The molecule has 0 spiro atoms. The van der Waals surface area contributed by atoms with Gasteiger partial charge in [-0.25, -0.2) is 4.79 Å². The Balaban J connectivity index is 2.64. The zero-order chi connectivity index (χ0) is 14.5. The van der Waals surface area contributed by atoms with Gasteiger partial charge in [0.05, 0.1) is 17.9 Å². The van der Waals surface area contributed by atoms with Crippen molar-refractivity contribution in [2.45, 2.75) is 13.8 Å². The smallest absolute Gasteiger partial charge is 0.338 e. The van der Waals surface area contributed by atoms with Crippen LogP contribution in [0, 0.1) is 0 Å². The zero-order valence-electron chi connectivity index (χ0n) is 11.8. The number of carbonyl (C=O) groups excluding carboxylic acids is 1. The Labute approximate surface area is 118 Å². The normalized spacial score (nSPS) is 11.4. The second-order valence-corrected chi connectivity index (χ2v) is 4.32. The Hall–Kier alpha value is -2.36. The highest BCUT2D eigenvalue weighted by Crippen LogP contribution is 2.22. The van der Waals surface area contributed by atoms with E-state index in [2.05, 4.69) is 5.16 Å². The maximum atomic E-state index is 12.1. The predicted octanol–water partition coefficient (Wildman–Crippen LogP) is 3.39. The molecule has 2 aromatic rings. The standard InChI is InChI=1S/C16H17NO3/c1-4-20-16(18)15-10-13-8-6-5-7-12(13)9-14(15)11(2)17-19-3/h5-10H,4H2,1-3H3/b17-11+. The first-order valence-electron chi connectivity index (χ1n) is 6.45. The molecule has 2 rings (SSSR count). The van der Waals surface area contributed by atoms with Crippen molar-refractivity contribution in [3.05, 3.63) is 47.5 Å². The molecule has 0 radical (unpaired) electrons. The summed E-state index contributed by atoms with van der Waals surface area (Å²) in [6, 6.07) is 11.6. The predicted molar refractivity (Wildman–Crippen MR) is 79.1 cm³/mol. The van der Waals surface area contributed by atoms with Crippen molar-refractivity contribution in [3.8, 4) is 0 Å². The third kappa shape index (κ3) is 2.79. The van der Waals surface area contributed by atoms with Crippen molar-refractivity contribution < 1.29 is 14.4 Å². The molecule has 2 aromatic carbocycles. The van der Waals surface area contributed by atoms with Crippen molar-refractivity contribution >= 4 is 22.5 Å². The van der Waals surface area contributed by atoms with E-state index in [1.54, 1.807) is 13.8 Å². The second kappa shape index (κ2) is 6.19. The van der Waals surface area contributed by atoms with Crippen LogP contribution in [0.15, 0.2) is 41.6 Å². The van der Waals surface area contributed by atoms with Crippen molar-refractivity contribution in [1.82, 2.24) is 0 Å². The number of ether oxygens (including phenoxy) is 1. The van der Waals surface area contributed by atoms with E-state index in [1.165, 1.54) is 7.11 Å². The maximum absolute atomic E-state index is 12.1. The lowest BCUT2D eigenvalue weighted by Crippen LogP contribution is -2.11. The molecule has 0 saturated heterocycles. The quantitative estimate of drug-likeness (QED) is 0.486. The number of hydrogen-bond donors (Lipinski definition) is 0. The van der Waals surface area contributed by atoms with Crippen LogP contribution >= 0.6 is 0 Å². The van der Waals surface area contributed by atoms with Gasteiger partial charge in [0.1, 0.15) is 7.11 Å².